The third kappa shape index (κ3) is 3.90. The van der Waals surface area contributed by atoms with Crippen molar-refractivity contribution in [2.75, 3.05) is 0 Å². The van der Waals surface area contributed by atoms with Crippen LogP contribution in [0.25, 0.3) is 0 Å². The molecule has 1 fully saturated rings. The van der Waals surface area contributed by atoms with Crippen molar-refractivity contribution in [2.24, 2.45) is 11.8 Å². The summed E-state index contributed by atoms with van der Waals surface area (Å²) in [6, 6.07) is 6.38. The van der Waals surface area contributed by atoms with Crippen LogP contribution < -0.4 is 0 Å². The maximum atomic E-state index is 13.1. The minimum absolute atomic E-state index is 0.173. The summed E-state index contributed by atoms with van der Waals surface area (Å²) >= 11 is 0. The van der Waals surface area contributed by atoms with Gasteiger partial charge < -0.3 is 9.57 Å². The van der Waals surface area contributed by atoms with Gasteiger partial charge in [0.1, 0.15) is 12.0 Å². The number of rotatable bonds is 7. The molecule has 1 aliphatic heterocycles. The number of esters is 1. The number of fused-ring (bicyclic) bond motifs is 1. The van der Waals surface area contributed by atoms with Gasteiger partial charge in [0.2, 0.25) is 5.78 Å². The van der Waals surface area contributed by atoms with Crippen LogP contribution in [-0.4, -0.2) is 46.6 Å². The number of amides is 1. The van der Waals surface area contributed by atoms with Crippen molar-refractivity contribution >= 4 is 29.4 Å². The van der Waals surface area contributed by atoms with E-state index in [2.05, 4.69) is 6.58 Å². The number of hydroxylamine groups is 2. The van der Waals surface area contributed by atoms with Crippen LogP contribution in [0.4, 0.5) is 0 Å². The standard InChI is InChI=1S/C22H23NO7/c1-4-7-17(25)22(28)30-23-19(18(21(23)27)12(2)29-13(3)24)16-11-10-14-8-5-6-9-15(14)20(16)26/h4-6,8-9,12,16,18-19H,1,7,10-11H2,2-3H3/t12-,16-,18-,19-/m1/s1. The normalized spacial score (nSPS) is 23.7. The molecule has 158 valence electrons. The van der Waals surface area contributed by atoms with Gasteiger partial charge in [0.25, 0.3) is 5.91 Å². The Kier molecular flexibility index (Phi) is 6.14. The van der Waals surface area contributed by atoms with Gasteiger partial charge in [-0.2, -0.15) is 5.06 Å². The van der Waals surface area contributed by atoms with Crippen molar-refractivity contribution in [1.82, 2.24) is 5.06 Å². The Labute approximate surface area is 173 Å². The van der Waals surface area contributed by atoms with E-state index in [-0.39, 0.29) is 12.2 Å². The van der Waals surface area contributed by atoms with Crippen LogP contribution in [0.1, 0.15) is 42.6 Å². The van der Waals surface area contributed by atoms with Gasteiger partial charge in [-0.1, -0.05) is 30.3 Å². The molecule has 30 heavy (non-hydrogen) atoms. The first-order valence-electron chi connectivity index (χ1n) is 9.74. The van der Waals surface area contributed by atoms with Gasteiger partial charge in [0, 0.05) is 24.8 Å². The molecule has 0 spiro atoms. The molecular weight excluding hydrogens is 390 g/mol. The molecule has 0 unspecified atom stereocenters. The molecule has 0 aromatic heterocycles. The highest BCUT2D eigenvalue weighted by molar-refractivity contribution is 6.34. The van der Waals surface area contributed by atoms with Crippen molar-refractivity contribution in [3.05, 3.63) is 48.0 Å². The van der Waals surface area contributed by atoms with Gasteiger partial charge in [0.15, 0.2) is 5.78 Å². The lowest BCUT2D eigenvalue weighted by atomic mass is 9.70. The minimum atomic E-state index is -1.20. The average molecular weight is 413 g/mol. The molecule has 0 saturated carbocycles. The summed E-state index contributed by atoms with van der Waals surface area (Å²) in [4.78, 5) is 66.1. The first-order valence-corrected chi connectivity index (χ1v) is 9.74. The fraction of sp³-hybridized carbons (Fsp3) is 0.409. The van der Waals surface area contributed by atoms with Crippen molar-refractivity contribution in [3.63, 3.8) is 0 Å². The second kappa shape index (κ2) is 8.61. The van der Waals surface area contributed by atoms with Gasteiger partial charge in [-0.15, -0.1) is 6.58 Å². The van der Waals surface area contributed by atoms with E-state index in [0.29, 0.717) is 18.4 Å². The second-order valence-corrected chi connectivity index (χ2v) is 7.46. The van der Waals surface area contributed by atoms with Gasteiger partial charge in [-0.25, -0.2) is 4.79 Å². The average Bonchev–Trinajstić information content (AvgIpc) is 2.70. The van der Waals surface area contributed by atoms with Crippen LogP contribution in [0.5, 0.6) is 0 Å². The Morgan fingerprint density at radius 2 is 1.97 bits per heavy atom. The van der Waals surface area contributed by atoms with E-state index >= 15 is 0 Å². The van der Waals surface area contributed by atoms with Gasteiger partial charge in [-0.05, 0) is 25.3 Å². The number of β-lactam (4-membered cyclic amide) rings is 1. The number of nitrogens with zero attached hydrogens (tertiary/aromatic N) is 1. The zero-order chi connectivity index (χ0) is 22.0. The van der Waals surface area contributed by atoms with E-state index in [1.807, 2.05) is 12.1 Å². The molecule has 1 aromatic rings. The third-order valence-electron chi connectivity index (χ3n) is 5.49. The van der Waals surface area contributed by atoms with Crippen LogP contribution in [0.15, 0.2) is 36.9 Å². The predicted molar refractivity (Wildman–Crippen MR) is 104 cm³/mol. The van der Waals surface area contributed by atoms with Gasteiger partial charge >= 0.3 is 11.9 Å². The van der Waals surface area contributed by atoms with E-state index in [9.17, 15) is 24.0 Å². The van der Waals surface area contributed by atoms with Crippen LogP contribution in [-0.2, 0) is 35.2 Å². The number of Topliss-reactive ketones (excluding diaryl/α,β-unsaturated/α-hetero) is 2. The smallest absolute Gasteiger partial charge is 0.399 e. The summed E-state index contributed by atoms with van der Waals surface area (Å²) in [7, 11) is 0. The summed E-state index contributed by atoms with van der Waals surface area (Å²) in [5.74, 6) is -4.90. The topological polar surface area (TPSA) is 107 Å². The number of hydrogen-bond acceptors (Lipinski definition) is 7. The number of carbonyl (C=O) groups excluding carboxylic acids is 5. The molecule has 0 bridgehead atoms. The number of ketones is 2. The fourth-order valence-corrected chi connectivity index (χ4v) is 4.14. The lowest BCUT2D eigenvalue weighted by molar-refractivity contribution is -0.250. The first-order chi connectivity index (χ1) is 14.3. The SMILES string of the molecule is C=CCC(=O)C(=O)ON1C(=O)[C@H]([C@@H](C)OC(C)=O)[C@H]1[C@H]1CCc2ccccc2C1=O. The summed E-state index contributed by atoms with van der Waals surface area (Å²) in [5, 5.41) is 0.796. The molecule has 1 heterocycles. The molecule has 2 aliphatic rings. The Hall–Kier alpha value is -3.29. The van der Waals surface area contributed by atoms with E-state index in [0.717, 1.165) is 10.6 Å². The number of allylic oxidation sites excluding steroid dienone is 1. The Morgan fingerprint density at radius 1 is 1.27 bits per heavy atom. The zero-order valence-electron chi connectivity index (χ0n) is 16.8. The van der Waals surface area contributed by atoms with E-state index in [1.165, 1.54) is 13.0 Å². The van der Waals surface area contributed by atoms with Crippen LogP contribution >= 0.6 is 0 Å². The molecule has 1 amide bonds. The Morgan fingerprint density at radius 3 is 2.63 bits per heavy atom. The van der Waals surface area contributed by atoms with E-state index < -0.39 is 47.6 Å². The maximum absolute atomic E-state index is 13.1. The number of benzene rings is 1. The molecule has 0 radical (unpaired) electrons. The molecule has 8 heteroatoms. The van der Waals surface area contributed by atoms with Crippen LogP contribution in [0.2, 0.25) is 0 Å². The second-order valence-electron chi connectivity index (χ2n) is 7.46. The van der Waals surface area contributed by atoms with Crippen molar-refractivity contribution in [2.45, 2.75) is 45.3 Å². The molecule has 3 rings (SSSR count). The monoisotopic (exact) mass is 413 g/mol. The number of hydrogen-bond donors (Lipinski definition) is 0. The Balaban J connectivity index is 1.88. The Bertz CT molecular complexity index is 922. The van der Waals surface area contributed by atoms with Crippen molar-refractivity contribution in [3.8, 4) is 0 Å². The van der Waals surface area contributed by atoms with Crippen LogP contribution in [0.3, 0.4) is 0 Å². The lowest BCUT2D eigenvalue weighted by Crippen LogP contribution is -2.68. The molecule has 1 aromatic carbocycles. The molecule has 1 saturated heterocycles. The molecule has 1 aliphatic carbocycles. The third-order valence-corrected chi connectivity index (χ3v) is 5.49. The molecular formula is C22H23NO7. The van der Waals surface area contributed by atoms with Crippen LogP contribution in [0, 0.1) is 11.8 Å². The summed E-state index contributed by atoms with van der Waals surface area (Å²) in [6.45, 7) is 6.17. The largest absolute Gasteiger partial charge is 0.462 e. The summed E-state index contributed by atoms with van der Waals surface area (Å²) in [6.07, 6.45) is 1.26. The van der Waals surface area contributed by atoms with Gasteiger partial charge in [-0.3, -0.25) is 19.2 Å². The summed E-state index contributed by atoms with van der Waals surface area (Å²) < 4.78 is 5.17. The predicted octanol–water partition coefficient (Wildman–Crippen LogP) is 1.81. The highest BCUT2D eigenvalue weighted by atomic mass is 16.7. The minimum Gasteiger partial charge on any atom is -0.462 e. The highest BCUT2D eigenvalue weighted by Crippen LogP contribution is 2.41. The van der Waals surface area contributed by atoms with Gasteiger partial charge in [0.05, 0.1) is 6.04 Å². The zero-order valence-corrected chi connectivity index (χ0v) is 16.8. The van der Waals surface area contributed by atoms with Crippen molar-refractivity contribution < 1.29 is 33.5 Å². The quantitative estimate of drug-likeness (QED) is 0.290. The molecule has 8 nitrogen and oxygen atoms in total. The summed E-state index contributed by atoms with van der Waals surface area (Å²) in [5.41, 5.74) is 1.47. The number of aryl methyl sites for hydroxylation is 1. The van der Waals surface area contributed by atoms with E-state index in [1.54, 1.807) is 19.1 Å². The van der Waals surface area contributed by atoms with Crippen molar-refractivity contribution in [1.29, 1.82) is 0 Å². The molecule has 0 N–H and O–H groups in total. The molecule has 4 atom stereocenters. The lowest BCUT2D eigenvalue weighted by Gasteiger charge is -2.49. The fourth-order valence-electron chi connectivity index (χ4n) is 4.14. The first kappa shape index (κ1) is 21.4. The van der Waals surface area contributed by atoms with E-state index in [4.69, 9.17) is 9.57 Å². The number of ether oxygens (including phenoxy) is 1. The number of carbonyl (C=O) groups is 5. The maximum Gasteiger partial charge on any atom is 0.399 e. The highest BCUT2D eigenvalue weighted by Gasteiger charge is 2.59.